The van der Waals surface area contributed by atoms with Gasteiger partial charge in [0.05, 0.1) is 5.75 Å². The number of piperidine rings is 1. The molecule has 102 valence electrons. The average molecular weight is 262 g/mol. The summed E-state index contributed by atoms with van der Waals surface area (Å²) >= 11 is 0. The molecule has 1 aliphatic rings. The van der Waals surface area contributed by atoms with Gasteiger partial charge in [0, 0.05) is 6.04 Å². The van der Waals surface area contributed by atoms with Crippen molar-refractivity contribution in [3.63, 3.8) is 0 Å². The minimum absolute atomic E-state index is 0.0662. The van der Waals surface area contributed by atoms with Crippen LogP contribution in [0.15, 0.2) is 0 Å². The largest absolute Gasteiger partial charge is 0.316 e. The van der Waals surface area contributed by atoms with Crippen LogP contribution in [0, 0.1) is 5.92 Å². The predicted octanol–water partition coefficient (Wildman–Crippen LogP) is 1.48. The summed E-state index contributed by atoms with van der Waals surface area (Å²) in [7, 11) is -3.10. The van der Waals surface area contributed by atoms with Gasteiger partial charge in [-0.15, -0.1) is 0 Å². The van der Waals surface area contributed by atoms with Crippen LogP contribution < -0.4 is 10.0 Å². The van der Waals surface area contributed by atoms with Crippen molar-refractivity contribution in [2.45, 2.75) is 52.0 Å². The maximum Gasteiger partial charge on any atom is 0.212 e. The lowest BCUT2D eigenvalue weighted by molar-refractivity contribution is 0.401. The van der Waals surface area contributed by atoms with E-state index in [0.717, 1.165) is 45.2 Å². The van der Waals surface area contributed by atoms with E-state index in [1.807, 2.05) is 6.92 Å². The number of hydrogen-bond acceptors (Lipinski definition) is 3. The Morgan fingerprint density at radius 1 is 1.47 bits per heavy atom. The van der Waals surface area contributed by atoms with Crippen LogP contribution in [0.25, 0.3) is 0 Å². The highest BCUT2D eigenvalue weighted by atomic mass is 32.2. The SMILES string of the molecule is CCCCC(C)NS(=O)(=O)CC1CCCNC1. The lowest BCUT2D eigenvalue weighted by atomic mass is 10.0. The minimum atomic E-state index is -3.10. The first-order chi connectivity index (χ1) is 8.03. The van der Waals surface area contributed by atoms with Gasteiger partial charge in [0.25, 0.3) is 0 Å². The summed E-state index contributed by atoms with van der Waals surface area (Å²) in [6.45, 7) is 5.93. The lowest BCUT2D eigenvalue weighted by Crippen LogP contribution is -2.40. The number of sulfonamides is 1. The molecule has 0 radical (unpaired) electrons. The van der Waals surface area contributed by atoms with Crippen LogP contribution in [0.4, 0.5) is 0 Å². The zero-order chi connectivity index (χ0) is 12.7. The van der Waals surface area contributed by atoms with Crippen LogP contribution in [0.2, 0.25) is 0 Å². The Hall–Kier alpha value is -0.130. The second-order valence-corrected chi connectivity index (χ2v) is 6.95. The zero-order valence-corrected chi connectivity index (χ0v) is 11.9. The van der Waals surface area contributed by atoms with Crippen molar-refractivity contribution in [1.29, 1.82) is 0 Å². The summed E-state index contributed by atoms with van der Waals surface area (Å²) < 4.78 is 26.6. The Labute approximate surface area is 106 Å². The summed E-state index contributed by atoms with van der Waals surface area (Å²) in [6, 6.07) is 0.0662. The molecule has 17 heavy (non-hydrogen) atoms. The third kappa shape index (κ3) is 6.38. The molecule has 0 saturated carbocycles. The molecule has 1 rings (SSSR count). The molecule has 1 saturated heterocycles. The van der Waals surface area contributed by atoms with Gasteiger partial charge in [0.2, 0.25) is 10.0 Å². The number of unbranched alkanes of at least 4 members (excludes halogenated alkanes) is 1. The standard InChI is InChI=1S/C12H26N2O2S/c1-3-4-6-11(2)14-17(15,16)10-12-7-5-8-13-9-12/h11-14H,3-10H2,1-2H3. The molecule has 5 heteroatoms. The van der Waals surface area contributed by atoms with Gasteiger partial charge in [0.15, 0.2) is 0 Å². The fourth-order valence-electron chi connectivity index (χ4n) is 2.30. The summed E-state index contributed by atoms with van der Waals surface area (Å²) in [5.74, 6) is 0.552. The molecule has 0 amide bonds. The molecule has 2 unspecified atom stereocenters. The van der Waals surface area contributed by atoms with Crippen LogP contribution in [0.5, 0.6) is 0 Å². The van der Waals surface area contributed by atoms with E-state index in [9.17, 15) is 8.42 Å². The van der Waals surface area contributed by atoms with Gasteiger partial charge in [0.1, 0.15) is 0 Å². The van der Waals surface area contributed by atoms with Crippen molar-refractivity contribution in [2.24, 2.45) is 5.92 Å². The number of hydrogen-bond donors (Lipinski definition) is 2. The molecule has 0 bridgehead atoms. The molecule has 0 aromatic heterocycles. The minimum Gasteiger partial charge on any atom is -0.316 e. The van der Waals surface area contributed by atoms with E-state index >= 15 is 0 Å². The first-order valence-corrected chi connectivity index (χ1v) is 8.39. The fourth-order valence-corrected chi connectivity index (χ4v) is 4.03. The van der Waals surface area contributed by atoms with Crippen LogP contribution in [-0.2, 0) is 10.0 Å². The van der Waals surface area contributed by atoms with Gasteiger partial charge >= 0.3 is 0 Å². The first kappa shape index (κ1) is 14.9. The highest BCUT2D eigenvalue weighted by Crippen LogP contribution is 2.12. The third-order valence-corrected chi connectivity index (χ3v) is 4.90. The highest BCUT2D eigenvalue weighted by molar-refractivity contribution is 7.89. The van der Waals surface area contributed by atoms with E-state index in [-0.39, 0.29) is 17.7 Å². The Balaban J connectivity index is 2.33. The third-order valence-electron chi connectivity index (χ3n) is 3.23. The van der Waals surface area contributed by atoms with Gasteiger partial charge in [-0.05, 0) is 45.2 Å². The van der Waals surface area contributed by atoms with E-state index < -0.39 is 10.0 Å². The molecule has 4 nitrogen and oxygen atoms in total. The quantitative estimate of drug-likeness (QED) is 0.731. The Morgan fingerprint density at radius 2 is 2.24 bits per heavy atom. The van der Waals surface area contributed by atoms with Gasteiger partial charge < -0.3 is 5.32 Å². The average Bonchev–Trinajstić information content (AvgIpc) is 2.26. The van der Waals surface area contributed by atoms with Crippen molar-refractivity contribution < 1.29 is 8.42 Å². The van der Waals surface area contributed by atoms with E-state index in [2.05, 4.69) is 17.0 Å². The molecular weight excluding hydrogens is 236 g/mol. The Morgan fingerprint density at radius 3 is 2.82 bits per heavy atom. The predicted molar refractivity (Wildman–Crippen MR) is 71.5 cm³/mol. The van der Waals surface area contributed by atoms with Crippen molar-refractivity contribution in [1.82, 2.24) is 10.0 Å². The van der Waals surface area contributed by atoms with Gasteiger partial charge in [-0.2, -0.15) is 0 Å². The molecular formula is C12H26N2O2S. The number of rotatable bonds is 7. The molecule has 0 aliphatic carbocycles. The molecule has 2 atom stereocenters. The molecule has 1 fully saturated rings. The van der Waals surface area contributed by atoms with E-state index in [1.54, 1.807) is 0 Å². The van der Waals surface area contributed by atoms with Gasteiger partial charge in [-0.25, -0.2) is 13.1 Å². The second kappa shape index (κ2) is 7.34. The topological polar surface area (TPSA) is 58.2 Å². The normalized spacial score (nSPS) is 23.5. The first-order valence-electron chi connectivity index (χ1n) is 6.74. The maximum absolute atomic E-state index is 11.9. The fraction of sp³-hybridized carbons (Fsp3) is 1.00. The summed E-state index contributed by atoms with van der Waals surface area (Å²) in [5.41, 5.74) is 0. The molecule has 2 N–H and O–H groups in total. The van der Waals surface area contributed by atoms with Gasteiger partial charge in [-0.1, -0.05) is 19.8 Å². The number of nitrogens with one attached hydrogen (secondary N) is 2. The van der Waals surface area contributed by atoms with Crippen LogP contribution in [0.3, 0.4) is 0 Å². The van der Waals surface area contributed by atoms with E-state index in [1.165, 1.54) is 0 Å². The maximum atomic E-state index is 11.9. The smallest absolute Gasteiger partial charge is 0.212 e. The Bertz CT molecular complexity index is 298. The second-order valence-electron chi connectivity index (χ2n) is 5.15. The van der Waals surface area contributed by atoms with Crippen molar-refractivity contribution in [3.8, 4) is 0 Å². The summed E-state index contributed by atoms with van der Waals surface area (Å²) in [6.07, 6.45) is 5.23. The lowest BCUT2D eigenvalue weighted by Gasteiger charge is -2.23. The van der Waals surface area contributed by atoms with Crippen molar-refractivity contribution in [3.05, 3.63) is 0 Å². The molecule has 0 aromatic rings. The monoisotopic (exact) mass is 262 g/mol. The molecule has 1 heterocycles. The van der Waals surface area contributed by atoms with Crippen LogP contribution in [0.1, 0.15) is 46.0 Å². The summed E-state index contributed by atoms with van der Waals surface area (Å²) in [5, 5.41) is 3.25. The van der Waals surface area contributed by atoms with Crippen molar-refractivity contribution in [2.75, 3.05) is 18.8 Å². The molecule has 0 aromatic carbocycles. The Kier molecular flexibility index (Phi) is 6.44. The van der Waals surface area contributed by atoms with Crippen molar-refractivity contribution >= 4 is 10.0 Å². The summed E-state index contributed by atoms with van der Waals surface area (Å²) in [4.78, 5) is 0. The van der Waals surface area contributed by atoms with Crippen LogP contribution >= 0.6 is 0 Å². The highest BCUT2D eigenvalue weighted by Gasteiger charge is 2.22. The van der Waals surface area contributed by atoms with Gasteiger partial charge in [-0.3, -0.25) is 0 Å². The zero-order valence-electron chi connectivity index (χ0n) is 11.0. The van der Waals surface area contributed by atoms with E-state index in [4.69, 9.17) is 0 Å². The molecule has 1 aliphatic heterocycles. The van der Waals surface area contributed by atoms with Crippen LogP contribution in [-0.4, -0.2) is 33.3 Å². The molecule has 0 spiro atoms. The van der Waals surface area contributed by atoms with E-state index in [0.29, 0.717) is 0 Å².